The van der Waals surface area contributed by atoms with E-state index in [1.165, 1.54) is 35.4 Å². The fourth-order valence-electron chi connectivity index (χ4n) is 3.63. The van der Waals surface area contributed by atoms with Gasteiger partial charge in [-0.1, -0.05) is 41.2 Å². The third-order valence-corrected chi connectivity index (χ3v) is 6.15. The van der Waals surface area contributed by atoms with Crippen LogP contribution in [0.3, 0.4) is 0 Å². The molecule has 0 saturated heterocycles. The zero-order valence-corrected chi connectivity index (χ0v) is 17.0. The van der Waals surface area contributed by atoms with E-state index in [-0.39, 0.29) is 16.5 Å². The number of fused-ring (bicyclic) bond motifs is 1. The maximum absolute atomic E-state index is 13.7. The Morgan fingerprint density at radius 2 is 1.97 bits per heavy atom. The second-order valence-corrected chi connectivity index (χ2v) is 8.17. The molecule has 4 aromatic rings. The van der Waals surface area contributed by atoms with E-state index in [0.29, 0.717) is 15.8 Å². The average Bonchev–Trinajstić information content (AvgIpc) is 3.47. The molecule has 0 spiro atoms. The molecule has 3 heterocycles. The van der Waals surface area contributed by atoms with E-state index in [0.717, 1.165) is 16.9 Å². The molecule has 5 rings (SSSR count). The maximum atomic E-state index is 13.7. The Balaban J connectivity index is 1.68. The van der Waals surface area contributed by atoms with Crippen LogP contribution in [0.1, 0.15) is 27.7 Å². The molecule has 0 aliphatic carbocycles. The summed E-state index contributed by atoms with van der Waals surface area (Å²) in [4.78, 5) is 32.0. The van der Waals surface area contributed by atoms with Gasteiger partial charge in [-0.25, -0.2) is 9.37 Å². The van der Waals surface area contributed by atoms with Crippen molar-refractivity contribution in [1.82, 2.24) is 4.98 Å². The summed E-state index contributed by atoms with van der Waals surface area (Å²) in [6.45, 7) is 1.92. The highest BCUT2D eigenvalue weighted by molar-refractivity contribution is 7.22. The monoisotopic (exact) mass is 434 g/mol. The number of hydrogen-bond acceptors (Lipinski definition) is 6. The van der Waals surface area contributed by atoms with Gasteiger partial charge in [-0.15, -0.1) is 0 Å². The molecule has 154 valence electrons. The number of rotatable bonds is 4. The van der Waals surface area contributed by atoms with Gasteiger partial charge in [-0.05, 0) is 42.8 Å². The van der Waals surface area contributed by atoms with Gasteiger partial charge in [0.25, 0.3) is 5.91 Å². The number of aromatic nitrogens is 1. The number of nitrogens with zero attached hydrogens (tertiary/aromatic N) is 2. The third-order valence-electron chi connectivity index (χ3n) is 5.14. The Kier molecular flexibility index (Phi) is 4.44. The number of aryl methyl sites for hydroxylation is 1. The van der Waals surface area contributed by atoms with E-state index >= 15 is 0 Å². The number of carbonyl (C=O) groups is 2. The smallest absolute Gasteiger partial charge is 0.296 e. The summed E-state index contributed by atoms with van der Waals surface area (Å²) in [5.74, 6) is -2.40. The number of furan rings is 1. The molecule has 0 bridgehead atoms. The molecule has 0 saturated carbocycles. The second-order valence-electron chi connectivity index (χ2n) is 7.17. The Hall–Kier alpha value is -3.78. The van der Waals surface area contributed by atoms with E-state index in [2.05, 4.69) is 4.98 Å². The van der Waals surface area contributed by atoms with Crippen LogP contribution in [0.5, 0.6) is 0 Å². The van der Waals surface area contributed by atoms with Crippen LogP contribution in [0.15, 0.2) is 76.6 Å². The first kappa shape index (κ1) is 19.2. The fourth-order valence-corrected chi connectivity index (χ4v) is 4.65. The maximum Gasteiger partial charge on any atom is 0.296 e. The van der Waals surface area contributed by atoms with Crippen molar-refractivity contribution >= 4 is 38.4 Å². The predicted molar refractivity (Wildman–Crippen MR) is 114 cm³/mol. The molecule has 1 aliphatic heterocycles. The molecule has 1 N–H and O–H groups in total. The van der Waals surface area contributed by atoms with Crippen molar-refractivity contribution in [2.24, 2.45) is 0 Å². The molecule has 2 aromatic heterocycles. The van der Waals surface area contributed by atoms with Gasteiger partial charge < -0.3 is 9.52 Å². The molecular weight excluding hydrogens is 419 g/mol. The van der Waals surface area contributed by atoms with Crippen molar-refractivity contribution < 1.29 is 23.5 Å². The molecule has 0 fully saturated rings. The highest BCUT2D eigenvalue weighted by Crippen LogP contribution is 2.44. The number of ketones is 1. The summed E-state index contributed by atoms with van der Waals surface area (Å²) in [6, 6.07) is 13.6. The number of carbonyl (C=O) groups excluding carboxylic acids is 2. The van der Waals surface area contributed by atoms with Crippen LogP contribution >= 0.6 is 11.3 Å². The van der Waals surface area contributed by atoms with E-state index in [4.69, 9.17) is 4.42 Å². The zero-order chi connectivity index (χ0) is 21.7. The van der Waals surface area contributed by atoms with Crippen LogP contribution in [0, 0.1) is 12.7 Å². The van der Waals surface area contributed by atoms with E-state index in [1.807, 2.05) is 19.1 Å². The Morgan fingerprint density at radius 3 is 2.68 bits per heavy atom. The van der Waals surface area contributed by atoms with Crippen LogP contribution in [0.4, 0.5) is 9.52 Å². The number of halogens is 1. The van der Waals surface area contributed by atoms with Gasteiger partial charge in [-0.2, -0.15) is 0 Å². The van der Waals surface area contributed by atoms with Crippen molar-refractivity contribution in [3.05, 3.63) is 94.9 Å². The van der Waals surface area contributed by atoms with Crippen LogP contribution < -0.4 is 4.90 Å². The quantitative estimate of drug-likeness (QED) is 0.451. The van der Waals surface area contributed by atoms with Gasteiger partial charge in [0.1, 0.15) is 5.82 Å². The summed E-state index contributed by atoms with van der Waals surface area (Å²) >= 11 is 1.11. The molecule has 0 radical (unpaired) electrons. The average molecular weight is 434 g/mol. The lowest BCUT2D eigenvalue weighted by atomic mass is 9.94. The minimum absolute atomic E-state index is 0.0136. The molecule has 6 nitrogen and oxygen atoms in total. The molecule has 8 heteroatoms. The molecule has 1 aliphatic rings. The largest absolute Gasteiger partial charge is 0.503 e. The minimum Gasteiger partial charge on any atom is -0.503 e. The Labute approximate surface area is 179 Å². The Morgan fingerprint density at radius 1 is 1.19 bits per heavy atom. The van der Waals surface area contributed by atoms with Crippen LogP contribution in [-0.4, -0.2) is 21.8 Å². The summed E-state index contributed by atoms with van der Waals surface area (Å²) in [6.07, 6.45) is 1.35. The highest BCUT2D eigenvalue weighted by Gasteiger charge is 2.46. The van der Waals surface area contributed by atoms with E-state index in [1.54, 1.807) is 18.2 Å². The first-order valence-corrected chi connectivity index (χ1v) is 10.2. The van der Waals surface area contributed by atoms with Crippen molar-refractivity contribution in [3.63, 3.8) is 0 Å². The van der Waals surface area contributed by atoms with Gasteiger partial charge in [0.2, 0.25) is 5.78 Å². The van der Waals surface area contributed by atoms with E-state index < -0.39 is 29.3 Å². The minimum atomic E-state index is -0.906. The van der Waals surface area contributed by atoms with Gasteiger partial charge in [-0.3, -0.25) is 14.5 Å². The van der Waals surface area contributed by atoms with Crippen molar-refractivity contribution in [3.8, 4) is 0 Å². The molecule has 2 aromatic carbocycles. The van der Waals surface area contributed by atoms with Gasteiger partial charge in [0.05, 0.1) is 28.1 Å². The molecule has 0 unspecified atom stereocenters. The summed E-state index contributed by atoms with van der Waals surface area (Å²) < 4.78 is 19.4. The van der Waals surface area contributed by atoms with Crippen LogP contribution in [-0.2, 0) is 4.79 Å². The molecule has 1 amide bonds. The fraction of sp³-hybridized carbons (Fsp3) is 0.0870. The number of benzene rings is 2. The highest BCUT2D eigenvalue weighted by atomic mass is 32.1. The summed E-state index contributed by atoms with van der Waals surface area (Å²) in [5.41, 5.74) is 2.06. The second kappa shape index (κ2) is 7.17. The van der Waals surface area contributed by atoms with Crippen molar-refractivity contribution in [2.75, 3.05) is 4.90 Å². The van der Waals surface area contributed by atoms with Gasteiger partial charge in [0, 0.05) is 0 Å². The molecule has 31 heavy (non-hydrogen) atoms. The number of Topliss-reactive ketones (excluding diaryl/α,β-unsaturated/α-hetero) is 1. The standard InChI is InChI=1S/C23H15FN2O4S/c1-12-4-6-13(7-5-12)19-18(20(27)16-3-2-10-30-16)21(28)22(29)26(19)23-25-15-9-8-14(24)11-17(15)31-23/h2-11,19,28H,1H3/t19-/m0/s1. The normalized spacial score (nSPS) is 16.5. The SMILES string of the molecule is Cc1ccc([C@H]2C(C(=O)c3ccco3)=C(O)C(=O)N2c2nc3ccc(F)cc3s2)cc1. The summed E-state index contributed by atoms with van der Waals surface area (Å²) in [5, 5.41) is 11.0. The first-order valence-electron chi connectivity index (χ1n) is 9.41. The van der Waals surface area contributed by atoms with Crippen LogP contribution in [0.2, 0.25) is 0 Å². The Bertz CT molecular complexity index is 1360. The molecule has 1 atom stereocenters. The van der Waals surface area contributed by atoms with Gasteiger partial charge >= 0.3 is 0 Å². The topological polar surface area (TPSA) is 83.6 Å². The zero-order valence-electron chi connectivity index (χ0n) is 16.2. The summed E-state index contributed by atoms with van der Waals surface area (Å²) in [7, 11) is 0. The lowest BCUT2D eigenvalue weighted by Gasteiger charge is -2.24. The van der Waals surface area contributed by atoms with E-state index in [9.17, 15) is 19.1 Å². The number of aliphatic hydroxyl groups excluding tert-OH is 1. The number of thiazole rings is 1. The predicted octanol–water partition coefficient (Wildman–Crippen LogP) is 5.12. The van der Waals surface area contributed by atoms with Crippen molar-refractivity contribution in [2.45, 2.75) is 13.0 Å². The number of anilines is 1. The number of amides is 1. The number of aliphatic hydroxyl groups is 1. The van der Waals surface area contributed by atoms with Crippen LogP contribution in [0.25, 0.3) is 10.2 Å². The lowest BCUT2D eigenvalue weighted by Crippen LogP contribution is -2.30. The van der Waals surface area contributed by atoms with Gasteiger partial charge in [0.15, 0.2) is 16.7 Å². The van der Waals surface area contributed by atoms with Crippen molar-refractivity contribution in [1.29, 1.82) is 0 Å². The number of hydrogen-bond donors (Lipinski definition) is 1. The third kappa shape index (κ3) is 3.12. The first-order chi connectivity index (χ1) is 14.9. The lowest BCUT2D eigenvalue weighted by molar-refractivity contribution is -0.117. The molecular formula is C23H15FN2O4S.